The van der Waals surface area contributed by atoms with Gasteiger partial charge in [0, 0.05) is 38.7 Å². The Morgan fingerprint density at radius 3 is 2.55 bits per heavy atom. The Labute approximate surface area is 171 Å². The van der Waals surface area contributed by atoms with Gasteiger partial charge in [0.15, 0.2) is 0 Å². The molecule has 0 aromatic heterocycles. The maximum atomic E-state index is 12.9. The highest BCUT2D eigenvalue weighted by molar-refractivity contribution is 7.92. The molecule has 1 heterocycles. The molecule has 0 spiro atoms. The average Bonchev–Trinajstić information content (AvgIpc) is 3.12. The predicted octanol–water partition coefficient (Wildman–Crippen LogP) is 2.17. The second kappa shape index (κ2) is 8.65. The van der Waals surface area contributed by atoms with Crippen molar-refractivity contribution in [3.8, 4) is 0 Å². The van der Waals surface area contributed by atoms with E-state index in [4.69, 9.17) is 0 Å². The standard InChI is InChI=1S/C21H25N3O4S/c1-16-8-10-19(11-9-16)29(27,28)23(2)18-6-3-5-17(15-18)21(26)22-12-14-24-13-4-7-20(24)25/h3,5-6,8-11,15H,4,7,12-14H2,1-2H3,(H,22,26). The third kappa shape index (κ3) is 4.76. The molecule has 2 amide bonds. The Morgan fingerprint density at radius 1 is 1.17 bits per heavy atom. The van der Waals surface area contributed by atoms with Gasteiger partial charge >= 0.3 is 0 Å². The van der Waals surface area contributed by atoms with Crippen LogP contribution in [0.25, 0.3) is 0 Å². The van der Waals surface area contributed by atoms with Crippen LogP contribution < -0.4 is 9.62 Å². The van der Waals surface area contributed by atoms with Crippen LogP contribution in [0.2, 0.25) is 0 Å². The zero-order chi connectivity index (χ0) is 21.0. The van der Waals surface area contributed by atoms with Crippen molar-refractivity contribution in [3.63, 3.8) is 0 Å². The van der Waals surface area contributed by atoms with Crippen LogP contribution in [0.3, 0.4) is 0 Å². The van der Waals surface area contributed by atoms with Gasteiger partial charge in [-0.15, -0.1) is 0 Å². The summed E-state index contributed by atoms with van der Waals surface area (Å²) in [7, 11) is -2.26. The Kier molecular flexibility index (Phi) is 6.22. The summed E-state index contributed by atoms with van der Waals surface area (Å²) >= 11 is 0. The number of likely N-dealkylation sites (tertiary alicyclic amines) is 1. The molecule has 0 unspecified atom stereocenters. The minimum absolute atomic E-state index is 0.115. The Hall–Kier alpha value is -2.87. The van der Waals surface area contributed by atoms with E-state index < -0.39 is 10.0 Å². The monoisotopic (exact) mass is 415 g/mol. The molecule has 0 radical (unpaired) electrons. The maximum Gasteiger partial charge on any atom is 0.264 e. The number of benzene rings is 2. The highest BCUT2D eigenvalue weighted by Gasteiger charge is 2.22. The van der Waals surface area contributed by atoms with Gasteiger partial charge in [0.1, 0.15) is 0 Å². The van der Waals surface area contributed by atoms with Crippen LogP contribution in [0.5, 0.6) is 0 Å². The van der Waals surface area contributed by atoms with Crippen LogP contribution >= 0.6 is 0 Å². The SMILES string of the molecule is Cc1ccc(S(=O)(=O)N(C)c2cccc(C(=O)NCCN3CCCC3=O)c2)cc1. The van der Waals surface area contributed by atoms with Crippen LogP contribution in [-0.4, -0.2) is 51.8 Å². The van der Waals surface area contributed by atoms with Gasteiger partial charge in [0.25, 0.3) is 15.9 Å². The number of hydrogen-bond acceptors (Lipinski definition) is 4. The molecule has 3 rings (SSSR count). The zero-order valence-corrected chi connectivity index (χ0v) is 17.4. The molecule has 29 heavy (non-hydrogen) atoms. The number of carbonyl (C=O) groups is 2. The van der Waals surface area contributed by atoms with Crippen molar-refractivity contribution < 1.29 is 18.0 Å². The number of carbonyl (C=O) groups excluding carboxylic acids is 2. The first-order valence-electron chi connectivity index (χ1n) is 9.51. The van der Waals surface area contributed by atoms with Gasteiger partial charge < -0.3 is 10.2 Å². The van der Waals surface area contributed by atoms with Gasteiger partial charge in [-0.05, 0) is 43.7 Å². The summed E-state index contributed by atoms with van der Waals surface area (Å²) in [4.78, 5) is 26.0. The normalized spacial score (nSPS) is 14.1. The van der Waals surface area contributed by atoms with Crippen LogP contribution in [0.15, 0.2) is 53.4 Å². The Morgan fingerprint density at radius 2 is 1.90 bits per heavy atom. The quantitative estimate of drug-likeness (QED) is 0.751. The number of sulfonamides is 1. The van der Waals surface area contributed by atoms with E-state index in [0.717, 1.165) is 22.8 Å². The molecule has 1 saturated heterocycles. The third-order valence-corrected chi connectivity index (χ3v) is 6.79. The number of aryl methyl sites for hydroxylation is 1. The number of amides is 2. The summed E-state index contributed by atoms with van der Waals surface area (Å²) in [5, 5.41) is 2.79. The molecule has 1 N–H and O–H groups in total. The van der Waals surface area contributed by atoms with E-state index in [1.165, 1.54) is 7.05 Å². The van der Waals surface area contributed by atoms with Crippen LogP contribution in [0.1, 0.15) is 28.8 Å². The minimum atomic E-state index is -3.73. The van der Waals surface area contributed by atoms with E-state index in [0.29, 0.717) is 30.8 Å². The fourth-order valence-electron chi connectivity index (χ4n) is 3.20. The van der Waals surface area contributed by atoms with Gasteiger partial charge in [0.2, 0.25) is 5.91 Å². The molecule has 1 fully saturated rings. The second-order valence-electron chi connectivity index (χ2n) is 7.08. The molecular formula is C21H25N3O4S. The first-order valence-corrected chi connectivity index (χ1v) is 10.9. The van der Waals surface area contributed by atoms with Gasteiger partial charge in [0.05, 0.1) is 10.6 Å². The smallest absolute Gasteiger partial charge is 0.264 e. The summed E-state index contributed by atoms with van der Waals surface area (Å²) < 4.78 is 26.9. The van der Waals surface area contributed by atoms with E-state index in [-0.39, 0.29) is 16.7 Å². The van der Waals surface area contributed by atoms with Gasteiger partial charge in [-0.25, -0.2) is 8.42 Å². The van der Waals surface area contributed by atoms with Gasteiger partial charge in [-0.2, -0.15) is 0 Å². The fourth-order valence-corrected chi connectivity index (χ4v) is 4.38. The molecule has 2 aromatic rings. The Bertz CT molecular complexity index is 1000. The fraction of sp³-hybridized carbons (Fsp3) is 0.333. The molecule has 7 nitrogen and oxygen atoms in total. The molecule has 0 bridgehead atoms. The molecule has 0 aliphatic carbocycles. The van der Waals surface area contributed by atoms with E-state index >= 15 is 0 Å². The Balaban J connectivity index is 1.68. The topological polar surface area (TPSA) is 86.8 Å². The van der Waals surface area contributed by atoms with E-state index in [1.807, 2.05) is 6.92 Å². The summed E-state index contributed by atoms with van der Waals surface area (Å²) in [6, 6.07) is 13.1. The lowest BCUT2D eigenvalue weighted by Crippen LogP contribution is -2.35. The third-order valence-electron chi connectivity index (χ3n) is 4.99. The van der Waals surface area contributed by atoms with E-state index in [9.17, 15) is 18.0 Å². The van der Waals surface area contributed by atoms with E-state index in [2.05, 4.69) is 5.32 Å². The van der Waals surface area contributed by atoms with Gasteiger partial charge in [-0.1, -0.05) is 23.8 Å². The molecule has 1 aliphatic heterocycles. The van der Waals surface area contributed by atoms with E-state index in [1.54, 1.807) is 53.4 Å². The molecule has 2 aromatic carbocycles. The largest absolute Gasteiger partial charge is 0.350 e. The van der Waals surface area contributed by atoms with Crippen molar-refractivity contribution in [3.05, 3.63) is 59.7 Å². The second-order valence-corrected chi connectivity index (χ2v) is 9.05. The van der Waals surface area contributed by atoms with Crippen molar-refractivity contribution in [2.45, 2.75) is 24.7 Å². The lowest BCUT2D eigenvalue weighted by atomic mass is 10.2. The lowest BCUT2D eigenvalue weighted by Gasteiger charge is -2.20. The molecule has 8 heteroatoms. The number of nitrogens with one attached hydrogen (secondary N) is 1. The van der Waals surface area contributed by atoms with Crippen LogP contribution in [-0.2, 0) is 14.8 Å². The van der Waals surface area contributed by atoms with Crippen LogP contribution in [0.4, 0.5) is 5.69 Å². The first-order chi connectivity index (χ1) is 13.8. The number of nitrogens with zero attached hydrogens (tertiary/aromatic N) is 2. The average molecular weight is 416 g/mol. The maximum absolute atomic E-state index is 12.9. The minimum Gasteiger partial charge on any atom is -0.350 e. The van der Waals surface area contributed by atoms with Crippen molar-refractivity contribution in [2.24, 2.45) is 0 Å². The summed E-state index contributed by atoms with van der Waals surface area (Å²) in [5.74, 6) is -0.191. The summed E-state index contributed by atoms with van der Waals surface area (Å²) in [6.45, 7) is 3.45. The van der Waals surface area contributed by atoms with Gasteiger partial charge in [-0.3, -0.25) is 13.9 Å². The first kappa shape index (κ1) is 20.9. The highest BCUT2D eigenvalue weighted by atomic mass is 32.2. The van der Waals surface area contributed by atoms with Crippen molar-refractivity contribution in [1.29, 1.82) is 0 Å². The van der Waals surface area contributed by atoms with Crippen molar-refractivity contribution >= 4 is 27.5 Å². The number of anilines is 1. The zero-order valence-electron chi connectivity index (χ0n) is 16.6. The van der Waals surface area contributed by atoms with Crippen LogP contribution in [0, 0.1) is 6.92 Å². The highest BCUT2D eigenvalue weighted by Crippen LogP contribution is 2.23. The van der Waals surface area contributed by atoms with Crippen molar-refractivity contribution in [2.75, 3.05) is 31.0 Å². The number of rotatable bonds is 7. The molecular weight excluding hydrogens is 390 g/mol. The molecule has 0 atom stereocenters. The van der Waals surface area contributed by atoms with Crippen molar-refractivity contribution in [1.82, 2.24) is 10.2 Å². The molecule has 1 aliphatic rings. The predicted molar refractivity (Wildman–Crippen MR) is 111 cm³/mol. The number of hydrogen-bond donors (Lipinski definition) is 1. The molecule has 154 valence electrons. The molecule has 0 saturated carbocycles. The summed E-state index contributed by atoms with van der Waals surface area (Å²) in [6.07, 6.45) is 1.42. The summed E-state index contributed by atoms with van der Waals surface area (Å²) in [5.41, 5.74) is 1.73. The lowest BCUT2D eigenvalue weighted by molar-refractivity contribution is -0.127.